The summed E-state index contributed by atoms with van der Waals surface area (Å²) in [6.45, 7) is 1.85. The molecule has 0 amide bonds. The van der Waals surface area contributed by atoms with E-state index in [9.17, 15) is 9.50 Å². The molecule has 3 rings (SSSR count). The normalized spacial score (nSPS) is 16.3. The number of hydrogen-bond acceptors (Lipinski definition) is 3. The highest BCUT2D eigenvalue weighted by molar-refractivity contribution is 7.09. The number of benzene rings is 1. The third kappa shape index (κ3) is 4.13. The predicted octanol–water partition coefficient (Wildman–Crippen LogP) is 3.98. The summed E-state index contributed by atoms with van der Waals surface area (Å²) in [4.78, 5) is 3.83. The standard InChI is InChI=1S/C17H20FNOS/c18-14-5-3-13(4-6-14)17(20)9-10-19(15-7-8-15)12-16-2-1-11-21-16/h1-6,11,15,17,20H,7-10,12H2. The van der Waals surface area contributed by atoms with E-state index in [2.05, 4.69) is 22.4 Å². The van der Waals surface area contributed by atoms with Gasteiger partial charge in [0, 0.05) is 24.0 Å². The van der Waals surface area contributed by atoms with Gasteiger partial charge in [0.1, 0.15) is 5.82 Å². The zero-order valence-corrected chi connectivity index (χ0v) is 12.7. The van der Waals surface area contributed by atoms with Crippen molar-refractivity contribution >= 4 is 11.3 Å². The van der Waals surface area contributed by atoms with E-state index in [1.807, 2.05) is 0 Å². The Balaban J connectivity index is 1.55. The third-order valence-electron chi connectivity index (χ3n) is 3.95. The van der Waals surface area contributed by atoms with Crippen LogP contribution in [0.4, 0.5) is 4.39 Å². The van der Waals surface area contributed by atoms with E-state index in [4.69, 9.17) is 0 Å². The molecular formula is C17H20FNOS. The van der Waals surface area contributed by atoms with Gasteiger partial charge >= 0.3 is 0 Å². The number of halogens is 1. The van der Waals surface area contributed by atoms with Crippen LogP contribution in [-0.4, -0.2) is 22.6 Å². The number of aliphatic hydroxyl groups excluding tert-OH is 1. The molecule has 0 spiro atoms. The fourth-order valence-electron chi connectivity index (χ4n) is 2.57. The summed E-state index contributed by atoms with van der Waals surface area (Å²) in [5, 5.41) is 12.3. The van der Waals surface area contributed by atoms with Crippen LogP contribution >= 0.6 is 11.3 Å². The molecule has 4 heteroatoms. The van der Waals surface area contributed by atoms with Gasteiger partial charge in [0.15, 0.2) is 0 Å². The van der Waals surface area contributed by atoms with Crippen LogP contribution in [0.25, 0.3) is 0 Å². The van der Waals surface area contributed by atoms with Crippen molar-refractivity contribution in [2.75, 3.05) is 6.54 Å². The fraction of sp³-hybridized carbons (Fsp3) is 0.412. The van der Waals surface area contributed by atoms with Gasteiger partial charge < -0.3 is 5.11 Å². The molecule has 1 saturated carbocycles. The van der Waals surface area contributed by atoms with Crippen LogP contribution in [0.5, 0.6) is 0 Å². The van der Waals surface area contributed by atoms with Gasteiger partial charge in [0.05, 0.1) is 6.10 Å². The maximum atomic E-state index is 12.9. The lowest BCUT2D eigenvalue weighted by Gasteiger charge is -2.23. The topological polar surface area (TPSA) is 23.5 Å². The summed E-state index contributed by atoms with van der Waals surface area (Å²) in [6, 6.07) is 11.1. The van der Waals surface area contributed by atoms with E-state index >= 15 is 0 Å². The minimum Gasteiger partial charge on any atom is -0.388 e. The molecule has 112 valence electrons. The van der Waals surface area contributed by atoms with Crippen LogP contribution < -0.4 is 0 Å². The molecule has 0 bridgehead atoms. The van der Waals surface area contributed by atoms with Gasteiger partial charge in [0.2, 0.25) is 0 Å². The monoisotopic (exact) mass is 305 g/mol. The van der Waals surface area contributed by atoms with Gasteiger partial charge in [-0.15, -0.1) is 11.3 Å². The minimum absolute atomic E-state index is 0.261. The average molecular weight is 305 g/mol. The smallest absolute Gasteiger partial charge is 0.123 e. The Morgan fingerprint density at radius 2 is 2.00 bits per heavy atom. The highest BCUT2D eigenvalue weighted by Gasteiger charge is 2.29. The maximum Gasteiger partial charge on any atom is 0.123 e. The quantitative estimate of drug-likeness (QED) is 0.836. The molecule has 21 heavy (non-hydrogen) atoms. The Kier molecular flexibility index (Phi) is 4.68. The minimum atomic E-state index is -0.518. The molecule has 1 heterocycles. The van der Waals surface area contributed by atoms with Crippen LogP contribution in [0.2, 0.25) is 0 Å². The van der Waals surface area contributed by atoms with Crippen molar-refractivity contribution in [2.24, 2.45) is 0 Å². The van der Waals surface area contributed by atoms with Crippen molar-refractivity contribution in [2.45, 2.75) is 38.0 Å². The molecule has 0 saturated heterocycles. The molecule has 1 N–H and O–H groups in total. The lowest BCUT2D eigenvalue weighted by molar-refractivity contribution is 0.137. The van der Waals surface area contributed by atoms with Gasteiger partial charge in [-0.05, 0) is 48.4 Å². The second kappa shape index (κ2) is 6.69. The molecule has 1 fully saturated rings. The molecule has 1 aromatic carbocycles. The first-order chi connectivity index (χ1) is 10.2. The molecule has 1 atom stereocenters. The van der Waals surface area contributed by atoms with Crippen molar-refractivity contribution in [3.63, 3.8) is 0 Å². The molecule has 0 aliphatic heterocycles. The predicted molar refractivity (Wildman–Crippen MR) is 83.7 cm³/mol. The summed E-state index contributed by atoms with van der Waals surface area (Å²) in [6.07, 6.45) is 2.69. The van der Waals surface area contributed by atoms with Crippen molar-refractivity contribution < 1.29 is 9.50 Å². The van der Waals surface area contributed by atoms with E-state index in [-0.39, 0.29) is 5.82 Å². The van der Waals surface area contributed by atoms with Crippen LogP contribution in [0.15, 0.2) is 41.8 Å². The number of nitrogens with zero attached hydrogens (tertiary/aromatic N) is 1. The molecule has 1 aliphatic carbocycles. The van der Waals surface area contributed by atoms with Crippen molar-refractivity contribution in [3.05, 3.63) is 58.0 Å². The van der Waals surface area contributed by atoms with Crippen molar-refractivity contribution in [1.29, 1.82) is 0 Å². The van der Waals surface area contributed by atoms with Crippen molar-refractivity contribution in [1.82, 2.24) is 4.90 Å². The van der Waals surface area contributed by atoms with E-state index in [0.29, 0.717) is 12.5 Å². The largest absolute Gasteiger partial charge is 0.388 e. The first-order valence-corrected chi connectivity index (χ1v) is 8.30. The molecule has 2 aromatic rings. The van der Waals surface area contributed by atoms with Gasteiger partial charge in [-0.1, -0.05) is 18.2 Å². The highest BCUT2D eigenvalue weighted by atomic mass is 32.1. The molecule has 1 unspecified atom stereocenters. The van der Waals surface area contributed by atoms with Crippen molar-refractivity contribution in [3.8, 4) is 0 Å². The summed E-state index contributed by atoms with van der Waals surface area (Å²) < 4.78 is 12.9. The van der Waals surface area contributed by atoms with E-state index in [1.165, 1.54) is 29.9 Å². The van der Waals surface area contributed by atoms with E-state index in [0.717, 1.165) is 18.7 Å². The Morgan fingerprint density at radius 3 is 2.62 bits per heavy atom. The van der Waals surface area contributed by atoms with Crippen LogP contribution in [-0.2, 0) is 6.54 Å². The average Bonchev–Trinajstić information content (AvgIpc) is 3.21. The van der Waals surface area contributed by atoms with Crippen LogP contribution in [0.3, 0.4) is 0 Å². The Labute approximate surface area is 128 Å². The Morgan fingerprint density at radius 1 is 1.24 bits per heavy atom. The SMILES string of the molecule is OC(CCN(Cc1cccs1)C1CC1)c1ccc(F)cc1. The highest BCUT2D eigenvalue weighted by Crippen LogP contribution is 2.30. The van der Waals surface area contributed by atoms with Gasteiger partial charge in [-0.2, -0.15) is 0 Å². The second-order valence-corrected chi connectivity index (χ2v) is 6.67. The maximum absolute atomic E-state index is 12.9. The zero-order chi connectivity index (χ0) is 14.7. The summed E-state index contributed by atoms with van der Waals surface area (Å²) in [5.41, 5.74) is 0.795. The number of thiophene rings is 1. The first kappa shape index (κ1) is 14.7. The molecule has 1 aliphatic rings. The Bertz CT molecular complexity index is 551. The van der Waals surface area contributed by atoms with E-state index in [1.54, 1.807) is 23.5 Å². The fourth-order valence-corrected chi connectivity index (χ4v) is 3.30. The number of hydrogen-bond donors (Lipinski definition) is 1. The van der Waals surface area contributed by atoms with E-state index < -0.39 is 6.10 Å². The third-order valence-corrected chi connectivity index (χ3v) is 4.81. The molecule has 1 aromatic heterocycles. The van der Waals surface area contributed by atoms with Gasteiger partial charge in [0.25, 0.3) is 0 Å². The summed E-state index contributed by atoms with van der Waals surface area (Å²) in [7, 11) is 0. The van der Waals surface area contributed by atoms with Gasteiger partial charge in [-0.3, -0.25) is 4.90 Å². The summed E-state index contributed by atoms with van der Waals surface area (Å²) >= 11 is 1.78. The van der Waals surface area contributed by atoms with Crippen LogP contribution in [0, 0.1) is 5.82 Å². The molecular weight excluding hydrogens is 285 g/mol. The van der Waals surface area contributed by atoms with Gasteiger partial charge in [-0.25, -0.2) is 4.39 Å². The lowest BCUT2D eigenvalue weighted by atomic mass is 10.1. The lowest BCUT2D eigenvalue weighted by Crippen LogP contribution is -2.27. The number of aliphatic hydroxyl groups is 1. The molecule has 2 nitrogen and oxygen atoms in total. The molecule has 0 radical (unpaired) electrons. The Hall–Kier alpha value is -1.23. The first-order valence-electron chi connectivity index (χ1n) is 7.42. The number of rotatable bonds is 7. The zero-order valence-electron chi connectivity index (χ0n) is 11.9. The summed E-state index contributed by atoms with van der Waals surface area (Å²) in [5.74, 6) is -0.261. The second-order valence-electron chi connectivity index (χ2n) is 5.64. The van der Waals surface area contributed by atoms with Crippen LogP contribution in [0.1, 0.15) is 35.8 Å².